The molecule has 116 valence electrons. The number of amides is 2. The third-order valence-electron chi connectivity index (χ3n) is 2.90. The summed E-state index contributed by atoms with van der Waals surface area (Å²) in [6, 6.07) is 6.99. The van der Waals surface area contributed by atoms with Gasteiger partial charge >= 0.3 is 12.0 Å². The molecule has 7 nitrogen and oxygen atoms in total. The fraction of sp³-hybridized carbons (Fsp3) is 0.429. The molecule has 2 amide bonds. The lowest BCUT2D eigenvalue weighted by atomic mass is 10.2. The van der Waals surface area contributed by atoms with E-state index in [1.165, 1.54) is 12.0 Å². The molecule has 21 heavy (non-hydrogen) atoms. The largest absolute Gasteiger partial charge is 0.497 e. The maximum Gasteiger partial charge on any atom is 0.334 e. The number of nitrogens with zero attached hydrogens (tertiary/aromatic N) is 1. The second-order valence-electron chi connectivity index (χ2n) is 4.46. The van der Waals surface area contributed by atoms with Crippen LogP contribution in [0.4, 0.5) is 4.79 Å². The van der Waals surface area contributed by atoms with Crippen LogP contribution >= 0.6 is 0 Å². The lowest BCUT2D eigenvalue weighted by molar-refractivity contribution is -0.148. The Hall–Kier alpha value is -2.28. The van der Waals surface area contributed by atoms with E-state index in [-0.39, 0.29) is 12.6 Å². The van der Waals surface area contributed by atoms with E-state index in [4.69, 9.17) is 14.6 Å². The molecule has 0 spiro atoms. The SMILES string of the molecule is COc1cccc(CN(C)C(=O)NCC(OC)C(=O)O)c1. The van der Waals surface area contributed by atoms with Crippen molar-refractivity contribution in [2.75, 3.05) is 27.8 Å². The second-order valence-corrected chi connectivity index (χ2v) is 4.46. The third kappa shape index (κ3) is 5.31. The number of carbonyl (C=O) groups excluding carboxylic acids is 1. The number of benzene rings is 1. The molecule has 1 atom stereocenters. The van der Waals surface area contributed by atoms with Gasteiger partial charge in [-0.3, -0.25) is 0 Å². The van der Waals surface area contributed by atoms with Crippen molar-refractivity contribution >= 4 is 12.0 Å². The number of aliphatic carboxylic acids is 1. The Morgan fingerprint density at radius 2 is 2.10 bits per heavy atom. The normalized spacial score (nSPS) is 11.6. The highest BCUT2D eigenvalue weighted by Gasteiger charge is 2.18. The second kappa shape index (κ2) is 8.11. The predicted octanol–water partition coefficient (Wildman–Crippen LogP) is 0.936. The zero-order valence-electron chi connectivity index (χ0n) is 12.3. The van der Waals surface area contributed by atoms with Gasteiger partial charge in [-0.1, -0.05) is 12.1 Å². The van der Waals surface area contributed by atoms with Crippen molar-refractivity contribution in [2.45, 2.75) is 12.6 Å². The average molecular weight is 296 g/mol. The number of carboxylic acid groups (broad SMARTS) is 1. The van der Waals surface area contributed by atoms with E-state index in [2.05, 4.69) is 5.32 Å². The van der Waals surface area contributed by atoms with Gasteiger partial charge in [0.2, 0.25) is 0 Å². The van der Waals surface area contributed by atoms with Crippen molar-refractivity contribution in [1.29, 1.82) is 0 Å². The minimum absolute atomic E-state index is 0.0902. The molecule has 0 fully saturated rings. The van der Waals surface area contributed by atoms with Gasteiger partial charge in [0, 0.05) is 20.7 Å². The van der Waals surface area contributed by atoms with E-state index in [0.29, 0.717) is 12.3 Å². The van der Waals surface area contributed by atoms with E-state index in [1.54, 1.807) is 14.2 Å². The lowest BCUT2D eigenvalue weighted by Crippen LogP contribution is -2.43. The Morgan fingerprint density at radius 1 is 1.38 bits per heavy atom. The number of hydrogen-bond acceptors (Lipinski definition) is 4. The average Bonchev–Trinajstić information content (AvgIpc) is 2.47. The van der Waals surface area contributed by atoms with Gasteiger partial charge in [-0.15, -0.1) is 0 Å². The van der Waals surface area contributed by atoms with Crippen LogP contribution in [-0.2, 0) is 16.1 Å². The molecule has 0 bridgehead atoms. The van der Waals surface area contributed by atoms with E-state index in [0.717, 1.165) is 5.56 Å². The Morgan fingerprint density at radius 3 is 2.67 bits per heavy atom. The summed E-state index contributed by atoms with van der Waals surface area (Å²) in [7, 11) is 4.48. The van der Waals surface area contributed by atoms with Gasteiger partial charge in [-0.05, 0) is 17.7 Å². The maximum absolute atomic E-state index is 11.9. The fourth-order valence-corrected chi connectivity index (χ4v) is 1.70. The van der Waals surface area contributed by atoms with Crippen LogP contribution in [0.15, 0.2) is 24.3 Å². The molecule has 0 aliphatic heterocycles. The highest BCUT2D eigenvalue weighted by Crippen LogP contribution is 2.13. The first-order valence-electron chi connectivity index (χ1n) is 6.35. The Bertz CT molecular complexity index is 492. The number of carboxylic acids is 1. The zero-order valence-corrected chi connectivity index (χ0v) is 12.3. The van der Waals surface area contributed by atoms with Crippen LogP contribution in [0.25, 0.3) is 0 Å². The van der Waals surface area contributed by atoms with Gasteiger partial charge in [0.05, 0.1) is 13.7 Å². The van der Waals surface area contributed by atoms with Gasteiger partial charge in [-0.25, -0.2) is 9.59 Å². The first-order valence-corrected chi connectivity index (χ1v) is 6.35. The van der Waals surface area contributed by atoms with Gasteiger partial charge < -0.3 is 24.8 Å². The maximum atomic E-state index is 11.9. The van der Waals surface area contributed by atoms with E-state index >= 15 is 0 Å². The summed E-state index contributed by atoms with van der Waals surface area (Å²) in [5, 5.41) is 11.3. The molecule has 0 heterocycles. The molecule has 0 aliphatic rings. The molecule has 0 aliphatic carbocycles. The van der Waals surface area contributed by atoms with Crippen molar-refractivity contribution in [2.24, 2.45) is 0 Å². The summed E-state index contributed by atoms with van der Waals surface area (Å²) in [6.45, 7) is 0.293. The van der Waals surface area contributed by atoms with Gasteiger partial charge in [0.15, 0.2) is 6.10 Å². The van der Waals surface area contributed by atoms with Crippen molar-refractivity contribution in [3.63, 3.8) is 0 Å². The number of urea groups is 1. The fourth-order valence-electron chi connectivity index (χ4n) is 1.70. The lowest BCUT2D eigenvalue weighted by Gasteiger charge is -2.19. The minimum atomic E-state index is -1.12. The standard InChI is InChI=1S/C14H20N2O5/c1-16(9-10-5-4-6-11(7-10)20-2)14(19)15-8-12(21-3)13(17)18/h4-7,12H,8-9H2,1-3H3,(H,15,19)(H,17,18). The highest BCUT2D eigenvalue weighted by molar-refractivity contribution is 5.76. The molecule has 2 N–H and O–H groups in total. The molecule has 7 heteroatoms. The van der Waals surface area contributed by atoms with E-state index in [1.807, 2.05) is 24.3 Å². The van der Waals surface area contributed by atoms with Crippen molar-refractivity contribution in [1.82, 2.24) is 10.2 Å². The van der Waals surface area contributed by atoms with Crippen molar-refractivity contribution in [3.8, 4) is 5.75 Å². The molecule has 0 radical (unpaired) electrons. The summed E-state index contributed by atoms with van der Waals surface area (Å²) in [4.78, 5) is 24.1. The molecule has 1 aromatic rings. The Labute approximate surface area is 123 Å². The number of methoxy groups -OCH3 is 2. The minimum Gasteiger partial charge on any atom is -0.497 e. The molecule has 1 aromatic carbocycles. The number of nitrogens with one attached hydrogen (secondary N) is 1. The van der Waals surface area contributed by atoms with Crippen molar-refractivity contribution < 1.29 is 24.2 Å². The first kappa shape index (κ1) is 16.8. The van der Waals surface area contributed by atoms with E-state index in [9.17, 15) is 9.59 Å². The summed E-state index contributed by atoms with van der Waals surface area (Å²) in [5.41, 5.74) is 0.911. The quantitative estimate of drug-likeness (QED) is 0.781. The summed E-state index contributed by atoms with van der Waals surface area (Å²) >= 11 is 0. The molecular formula is C14H20N2O5. The third-order valence-corrected chi connectivity index (χ3v) is 2.90. The summed E-state index contributed by atoms with van der Waals surface area (Å²) in [5.74, 6) is -0.403. The predicted molar refractivity (Wildman–Crippen MR) is 76.3 cm³/mol. The molecule has 0 aromatic heterocycles. The van der Waals surface area contributed by atoms with Crippen molar-refractivity contribution in [3.05, 3.63) is 29.8 Å². The number of ether oxygens (including phenoxy) is 2. The van der Waals surface area contributed by atoms with Crippen LogP contribution in [0.2, 0.25) is 0 Å². The van der Waals surface area contributed by atoms with Crippen LogP contribution in [0.1, 0.15) is 5.56 Å². The number of rotatable bonds is 7. The highest BCUT2D eigenvalue weighted by atomic mass is 16.5. The molecule has 1 unspecified atom stereocenters. The Kier molecular flexibility index (Phi) is 6.48. The van der Waals surface area contributed by atoms with Crippen LogP contribution in [0.5, 0.6) is 5.75 Å². The van der Waals surface area contributed by atoms with Crippen LogP contribution < -0.4 is 10.1 Å². The monoisotopic (exact) mass is 296 g/mol. The van der Waals surface area contributed by atoms with Gasteiger partial charge in [0.25, 0.3) is 0 Å². The van der Waals surface area contributed by atoms with Gasteiger partial charge in [-0.2, -0.15) is 0 Å². The topological polar surface area (TPSA) is 88.1 Å². The number of carbonyl (C=O) groups is 2. The van der Waals surface area contributed by atoms with Crippen LogP contribution in [0, 0.1) is 0 Å². The molecule has 1 rings (SSSR count). The van der Waals surface area contributed by atoms with E-state index < -0.39 is 12.1 Å². The molecular weight excluding hydrogens is 276 g/mol. The number of hydrogen-bond donors (Lipinski definition) is 2. The van der Waals surface area contributed by atoms with Crippen LogP contribution in [-0.4, -0.2) is 55.9 Å². The smallest absolute Gasteiger partial charge is 0.334 e. The first-order chi connectivity index (χ1) is 9.97. The van der Waals surface area contributed by atoms with Gasteiger partial charge in [0.1, 0.15) is 5.75 Å². The summed E-state index contributed by atoms with van der Waals surface area (Å²) in [6.07, 6.45) is -1.06. The molecule has 0 saturated heterocycles. The summed E-state index contributed by atoms with van der Waals surface area (Å²) < 4.78 is 9.86. The van der Waals surface area contributed by atoms with Crippen LogP contribution in [0.3, 0.4) is 0 Å². The Balaban J connectivity index is 2.52. The molecule has 0 saturated carbocycles. The zero-order chi connectivity index (χ0) is 15.8.